The van der Waals surface area contributed by atoms with E-state index >= 15 is 0 Å². The Hall–Kier alpha value is -1.26. The Morgan fingerprint density at radius 1 is 0.778 bits per heavy atom. The second kappa shape index (κ2) is 6.07. The third-order valence-electron chi connectivity index (χ3n) is 2.43. The Kier molecular flexibility index (Phi) is 4.44. The molecule has 0 heterocycles. The molecule has 2 nitrogen and oxygen atoms in total. The van der Waals surface area contributed by atoms with Crippen LogP contribution < -0.4 is 0 Å². The first-order valence-corrected chi connectivity index (χ1v) is 8.76. The van der Waals surface area contributed by atoms with Crippen molar-refractivity contribution in [3.05, 3.63) is 71.8 Å². The van der Waals surface area contributed by atoms with Gasteiger partial charge in [-0.15, -0.1) is 0 Å². The lowest BCUT2D eigenvalue weighted by Gasteiger charge is -2.04. The molecule has 0 fully saturated rings. The van der Waals surface area contributed by atoms with Gasteiger partial charge in [0.1, 0.15) is 0 Å². The molecular weight excluding hydrogens is 264 g/mol. The summed E-state index contributed by atoms with van der Waals surface area (Å²) in [5.41, 5.74) is 1.86. The summed E-state index contributed by atoms with van der Waals surface area (Å²) >= 11 is 0. The van der Waals surface area contributed by atoms with Crippen molar-refractivity contribution in [3.8, 4) is 0 Å². The number of hydrogen-bond donors (Lipinski definition) is 0. The zero-order valence-corrected chi connectivity index (χ0v) is 11.5. The molecule has 0 aliphatic heterocycles. The van der Waals surface area contributed by atoms with Crippen molar-refractivity contribution in [1.82, 2.24) is 0 Å². The molecule has 0 radical (unpaired) electrons. The molecule has 0 aromatic heterocycles. The molecule has 0 atom stereocenters. The van der Waals surface area contributed by atoms with Crippen molar-refractivity contribution in [2.24, 2.45) is 0 Å². The molecule has 0 saturated carbocycles. The predicted octanol–water partition coefficient (Wildman–Crippen LogP) is 3.45. The zero-order chi connectivity index (χ0) is 12.8. The van der Waals surface area contributed by atoms with E-state index in [-0.39, 0.29) is 5.75 Å². The van der Waals surface area contributed by atoms with Crippen LogP contribution in [0, 0.1) is 0 Å². The van der Waals surface area contributed by atoms with Crippen LogP contribution in [0.15, 0.2) is 60.7 Å². The van der Waals surface area contributed by atoms with E-state index in [0.717, 1.165) is 21.9 Å². The molecule has 2 aromatic rings. The van der Waals surface area contributed by atoms with Crippen LogP contribution in [-0.4, -0.2) is 8.42 Å². The van der Waals surface area contributed by atoms with Gasteiger partial charge < -0.3 is 0 Å². The molecule has 0 saturated heterocycles. The molecule has 18 heavy (non-hydrogen) atoms. The van der Waals surface area contributed by atoms with Crippen LogP contribution in [-0.2, 0) is 20.4 Å². The van der Waals surface area contributed by atoms with Crippen LogP contribution in [0.25, 0.3) is 0 Å². The van der Waals surface area contributed by atoms with Crippen molar-refractivity contribution >= 4 is 19.7 Å². The van der Waals surface area contributed by atoms with Crippen LogP contribution in [0.1, 0.15) is 11.1 Å². The molecule has 0 N–H and O–H groups in total. The fourth-order valence-electron chi connectivity index (χ4n) is 1.55. The smallest absolute Gasteiger partial charge is 0.206 e. The lowest BCUT2D eigenvalue weighted by atomic mass is 10.2. The molecule has 0 bridgehead atoms. The first-order valence-electron chi connectivity index (χ1n) is 5.61. The minimum Gasteiger partial charge on any atom is -0.217 e. The molecule has 94 valence electrons. The Labute approximate surface area is 111 Å². The highest BCUT2D eigenvalue weighted by molar-refractivity contribution is 8.71. The van der Waals surface area contributed by atoms with E-state index in [9.17, 15) is 8.42 Å². The monoisotopic (exact) mass is 278 g/mol. The Balaban J connectivity index is 1.96. The molecule has 2 rings (SSSR count). The summed E-state index contributed by atoms with van der Waals surface area (Å²) in [7, 11) is -2.12. The second-order valence-corrected chi connectivity index (χ2v) is 8.09. The van der Waals surface area contributed by atoms with Gasteiger partial charge in [0.25, 0.3) is 0 Å². The van der Waals surface area contributed by atoms with Crippen LogP contribution in [0.5, 0.6) is 0 Å². The second-order valence-electron chi connectivity index (χ2n) is 3.94. The molecule has 0 amide bonds. The highest BCUT2D eigenvalue weighted by Crippen LogP contribution is 2.22. The number of hydrogen-bond acceptors (Lipinski definition) is 3. The highest BCUT2D eigenvalue weighted by Gasteiger charge is 2.12. The van der Waals surface area contributed by atoms with Crippen molar-refractivity contribution < 1.29 is 8.42 Å². The van der Waals surface area contributed by atoms with Gasteiger partial charge in [-0.2, -0.15) is 0 Å². The largest absolute Gasteiger partial charge is 0.217 e. The maximum atomic E-state index is 11.9. The molecule has 2 aromatic carbocycles. The van der Waals surface area contributed by atoms with Crippen molar-refractivity contribution in [1.29, 1.82) is 0 Å². The summed E-state index contributed by atoms with van der Waals surface area (Å²) in [4.78, 5) is 0. The number of benzene rings is 2. The summed E-state index contributed by atoms with van der Waals surface area (Å²) in [6.07, 6.45) is 0. The topological polar surface area (TPSA) is 34.1 Å². The van der Waals surface area contributed by atoms with E-state index in [1.165, 1.54) is 0 Å². The highest BCUT2D eigenvalue weighted by atomic mass is 33.1. The van der Waals surface area contributed by atoms with Crippen LogP contribution >= 0.6 is 10.8 Å². The summed E-state index contributed by atoms with van der Waals surface area (Å²) in [6, 6.07) is 18.9. The van der Waals surface area contributed by atoms with Crippen molar-refractivity contribution in [2.45, 2.75) is 11.5 Å². The minimum absolute atomic E-state index is 0.0886. The lowest BCUT2D eigenvalue weighted by Crippen LogP contribution is -1.99. The third-order valence-corrected chi connectivity index (χ3v) is 5.72. The summed E-state index contributed by atoms with van der Waals surface area (Å²) in [5, 5.41) is 0. The summed E-state index contributed by atoms with van der Waals surface area (Å²) in [6.45, 7) is 0. The van der Waals surface area contributed by atoms with E-state index in [1.54, 1.807) is 0 Å². The average molecular weight is 278 g/mol. The average Bonchev–Trinajstić information content (AvgIpc) is 2.38. The van der Waals surface area contributed by atoms with E-state index in [1.807, 2.05) is 60.7 Å². The molecule has 0 aliphatic carbocycles. The lowest BCUT2D eigenvalue weighted by molar-refractivity contribution is 0.609. The fourth-order valence-corrected chi connectivity index (χ4v) is 4.35. The maximum absolute atomic E-state index is 11.9. The first-order chi connectivity index (χ1) is 8.66. The maximum Gasteiger partial charge on any atom is 0.206 e. The van der Waals surface area contributed by atoms with Gasteiger partial charge in [0.15, 0.2) is 0 Å². The first kappa shape index (κ1) is 13.2. The van der Waals surface area contributed by atoms with E-state index in [4.69, 9.17) is 0 Å². The summed E-state index contributed by atoms with van der Waals surface area (Å²) < 4.78 is 23.9. The van der Waals surface area contributed by atoms with Gasteiger partial charge in [-0.05, 0) is 21.9 Å². The standard InChI is InChI=1S/C14H14O2S2/c15-18(16,12-14-9-5-2-6-10-14)17-11-13-7-3-1-4-8-13/h1-10H,11-12H2. The van der Waals surface area contributed by atoms with Gasteiger partial charge >= 0.3 is 0 Å². The van der Waals surface area contributed by atoms with Crippen molar-refractivity contribution in [3.63, 3.8) is 0 Å². The van der Waals surface area contributed by atoms with Gasteiger partial charge in [-0.25, -0.2) is 8.42 Å². The van der Waals surface area contributed by atoms with Crippen LogP contribution in [0.2, 0.25) is 0 Å². The Morgan fingerprint density at radius 2 is 1.28 bits per heavy atom. The summed E-state index contributed by atoms with van der Waals surface area (Å²) in [5.74, 6) is 0.585. The minimum atomic E-state index is -3.12. The molecule has 4 heteroatoms. The van der Waals surface area contributed by atoms with Gasteiger partial charge in [0.2, 0.25) is 8.87 Å². The molecule has 0 unspecified atom stereocenters. The van der Waals surface area contributed by atoms with Gasteiger partial charge in [-0.3, -0.25) is 0 Å². The number of rotatable bonds is 5. The van der Waals surface area contributed by atoms with E-state index in [2.05, 4.69) is 0 Å². The Bertz CT molecular complexity index is 578. The van der Waals surface area contributed by atoms with Gasteiger partial charge in [0, 0.05) is 5.75 Å². The normalized spacial score (nSPS) is 11.3. The van der Waals surface area contributed by atoms with Crippen LogP contribution in [0.3, 0.4) is 0 Å². The molecule has 0 aliphatic rings. The quantitative estimate of drug-likeness (QED) is 0.786. The van der Waals surface area contributed by atoms with Crippen LogP contribution in [0.4, 0.5) is 0 Å². The molecule has 0 spiro atoms. The SMILES string of the molecule is O=S(=O)(Cc1ccccc1)SCc1ccccc1. The van der Waals surface area contributed by atoms with Crippen molar-refractivity contribution in [2.75, 3.05) is 0 Å². The van der Waals surface area contributed by atoms with E-state index < -0.39 is 8.87 Å². The molecular formula is C14H14O2S2. The zero-order valence-electron chi connectivity index (χ0n) is 9.82. The van der Waals surface area contributed by atoms with Gasteiger partial charge in [-0.1, -0.05) is 60.7 Å². The predicted molar refractivity (Wildman–Crippen MR) is 76.8 cm³/mol. The van der Waals surface area contributed by atoms with E-state index in [0.29, 0.717) is 5.75 Å². The third kappa shape index (κ3) is 4.20. The Morgan fingerprint density at radius 3 is 1.83 bits per heavy atom. The van der Waals surface area contributed by atoms with Gasteiger partial charge in [0.05, 0.1) is 5.75 Å². The fraction of sp³-hybridized carbons (Fsp3) is 0.143.